The molecule has 2 aromatic heterocycles. The van der Waals surface area contributed by atoms with Crippen molar-refractivity contribution in [1.82, 2.24) is 9.88 Å². The Bertz CT molecular complexity index is 1250. The van der Waals surface area contributed by atoms with Gasteiger partial charge in [-0.05, 0) is 73.4 Å². The summed E-state index contributed by atoms with van der Waals surface area (Å²) in [5.41, 5.74) is 3.90. The summed E-state index contributed by atoms with van der Waals surface area (Å²) in [5.74, 6) is 1.15. The number of aryl methyl sites for hydroxylation is 1. The summed E-state index contributed by atoms with van der Waals surface area (Å²) >= 11 is 1.44. The van der Waals surface area contributed by atoms with E-state index in [1.54, 1.807) is 19.5 Å². The highest BCUT2D eigenvalue weighted by Gasteiger charge is 2.45. The molecule has 0 bridgehead atoms. The molecule has 2 unspecified atom stereocenters. The normalized spacial score (nSPS) is 20.7. The molecule has 2 aliphatic carbocycles. The van der Waals surface area contributed by atoms with E-state index in [1.807, 2.05) is 17.0 Å². The van der Waals surface area contributed by atoms with Crippen LogP contribution in [-0.4, -0.2) is 35.4 Å². The molecule has 0 saturated heterocycles. The van der Waals surface area contributed by atoms with Crippen LogP contribution in [0.1, 0.15) is 48.7 Å². The third kappa shape index (κ3) is 5.01. The molecule has 2 amide bonds. The first-order chi connectivity index (χ1) is 17.1. The Kier molecular flexibility index (Phi) is 6.69. The summed E-state index contributed by atoms with van der Waals surface area (Å²) in [5, 5.41) is 13.5. The molecule has 35 heavy (non-hydrogen) atoms. The van der Waals surface area contributed by atoms with Crippen molar-refractivity contribution in [2.45, 2.75) is 45.1 Å². The van der Waals surface area contributed by atoms with Gasteiger partial charge in [0.05, 0.1) is 19.2 Å². The first-order valence-corrected chi connectivity index (χ1v) is 12.9. The number of rotatable bonds is 7. The lowest BCUT2D eigenvalue weighted by molar-refractivity contribution is -0.132. The van der Waals surface area contributed by atoms with Crippen molar-refractivity contribution in [2.75, 3.05) is 19.0 Å². The third-order valence-corrected chi connectivity index (χ3v) is 8.21. The molecule has 8 heteroatoms. The molecule has 5 rings (SSSR count). The van der Waals surface area contributed by atoms with E-state index in [0.717, 1.165) is 41.0 Å². The molecule has 1 saturated carbocycles. The average molecular weight is 491 g/mol. The molecule has 1 aliphatic heterocycles. The van der Waals surface area contributed by atoms with E-state index in [-0.39, 0.29) is 25.1 Å². The van der Waals surface area contributed by atoms with Crippen LogP contribution in [0.4, 0.5) is 5.00 Å². The van der Waals surface area contributed by atoms with Crippen LogP contribution in [0.2, 0.25) is 0 Å². The van der Waals surface area contributed by atoms with Gasteiger partial charge in [0, 0.05) is 37.6 Å². The number of nitrogens with one attached hydrogen (secondary N) is 1. The van der Waals surface area contributed by atoms with E-state index in [4.69, 9.17) is 4.74 Å². The van der Waals surface area contributed by atoms with Gasteiger partial charge < -0.3 is 15.0 Å². The molecule has 3 heterocycles. The van der Waals surface area contributed by atoms with E-state index in [2.05, 4.69) is 28.5 Å². The average Bonchev–Trinajstić information content (AvgIpc) is 3.63. The Hall–Kier alpha value is -3.44. The molecule has 182 valence electrons. The maximum absolute atomic E-state index is 13.0. The van der Waals surface area contributed by atoms with Crippen LogP contribution in [0.15, 0.2) is 48.0 Å². The van der Waals surface area contributed by atoms with Crippen molar-refractivity contribution < 1.29 is 15.8 Å². The van der Waals surface area contributed by atoms with Gasteiger partial charge in [0.1, 0.15) is 16.8 Å². The van der Waals surface area contributed by atoms with E-state index >= 15 is 0 Å². The zero-order valence-electron chi connectivity index (χ0n) is 19.8. The monoisotopic (exact) mass is 490 g/mol. The molecule has 0 radical (unpaired) electrons. The molecule has 0 aromatic carbocycles. The van der Waals surface area contributed by atoms with Crippen molar-refractivity contribution in [2.24, 2.45) is 11.8 Å². The number of hydrogen-bond donors (Lipinski definition) is 1. The van der Waals surface area contributed by atoms with Gasteiger partial charge in [0.2, 0.25) is 11.8 Å². The van der Waals surface area contributed by atoms with Crippen molar-refractivity contribution in [3.8, 4) is 6.07 Å². The second kappa shape index (κ2) is 10.0. The summed E-state index contributed by atoms with van der Waals surface area (Å²) in [4.78, 5) is 32.7. The highest BCUT2D eigenvalue weighted by atomic mass is 32.1. The molecule has 1 N–H and O–H groups in total. The summed E-state index contributed by atoms with van der Waals surface area (Å²) in [6.45, 7) is 1.08. The highest BCUT2D eigenvalue weighted by Crippen LogP contribution is 2.48. The summed E-state index contributed by atoms with van der Waals surface area (Å²) in [6, 6.07) is 6.15. The zero-order valence-corrected chi connectivity index (χ0v) is 20.6. The number of nitriles is 1. The van der Waals surface area contributed by atoms with Gasteiger partial charge in [-0.1, -0.05) is 5.57 Å². The minimum absolute atomic E-state index is 0. The number of carbonyl (C=O) groups is 2. The smallest absolute Gasteiger partial charge is 0.228 e. The van der Waals surface area contributed by atoms with Gasteiger partial charge in [-0.3, -0.25) is 14.6 Å². The summed E-state index contributed by atoms with van der Waals surface area (Å²) in [6.07, 6.45) is 12.1. The highest BCUT2D eigenvalue weighted by molar-refractivity contribution is 7.16. The van der Waals surface area contributed by atoms with Crippen LogP contribution in [0.25, 0.3) is 0 Å². The van der Waals surface area contributed by atoms with Gasteiger partial charge in [-0.25, -0.2) is 0 Å². The van der Waals surface area contributed by atoms with Crippen LogP contribution < -0.4 is 5.32 Å². The van der Waals surface area contributed by atoms with Crippen LogP contribution in [0, 0.1) is 23.2 Å². The van der Waals surface area contributed by atoms with Gasteiger partial charge in [-0.15, -0.1) is 11.3 Å². The quantitative estimate of drug-likeness (QED) is 0.612. The van der Waals surface area contributed by atoms with Gasteiger partial charge in [-0.2, -0.15) is 5.26 Å². The topological polar surface area (TPSA) is 95.3 Å². The third-order valence-electron chi connectivity index (χ3n) is 7.08. The molecule has 1 fully saturated rings. The molecule has 3 aliphatic rings. The van der Waals surface area contributed by atoms with Gasteiger partial charge >= 0.3 is 0 Å². The van der Waals surface area contributed by atoms with Crippen molar-refractivity contribution in [3.05, 3.63) is 69.6 Å². The van der Waals surface area contributed by atoms with Gasteiger partial charge in [0.25, 0.3) is 0 Å². The Morgan fingerprint density at radius 2 is 2.17 bits per heavy atom. The Labute approximate surface area is 210 Å². The molecular weight excluding hydrogens is 460 g/mol. The van der Waals surface area contributed by atoms with E-state index in [1.165, 1.54) is 16.9 Å². The molecule has 2 aromatic rings. The molecule has 7 nitrogen and oxygen atoms in total. The van der Waals surface area contributed by atoms with Crippen LogP contribution in [-0.2, 0) is 33.7 Å². The first kappa shape index (κ1) is 23.3. The van der Waals surface area contributed by atoms with E-state index < -0.39 is 0 Å². The van der Waals surface area contributed by atoms with E-state index in [0.29, 0.717) is 42.9 Å². The number of allylic oxidation sites excluding steroid dienone is 3. The van der Waals surface area contributed by atoms with Gasteiger partial charge in [0.15, 0.2) is 0 Å². The predicted octanol–water partition coefficient (Wildman–Crippen LogP) is 4.60. The second-order valence-electron chi connectivity index (χ2n) is 9.25. The van der Waals surface area contributed by atoms with Crippen molar-refractivity contribution in [1.29, 1.82) is 5.26 Å². The number of nitrogens with zero attached hydrogens (tertiary/aromatic N) is 3. The Morgan fingerprint density at radius 1 is 1.34 bits per heavy atom. The molecule has 0 spiro atoms. The van der Waals surface area contributed by atoms with Crippen molar-refractivity contribution >= 4 is 28.2 Å². The number of aromatic nitrogens is 1. The minimum Gasteiger partial charge on any atom is -0.497 e. The number of amides is 2. The molecular formula is C27H30N4O3S. The summed E-state index contributed by atoms with van der Waals surface area (Å²) < 4.78 is 5.35. The van der Waals surface area contributed by atoms with Crippen molar-refractivity contribution in [3.63, 3.8) is 0 Å². The van der Waals surface area contributed by atoms with Crippen LogP contribution >= 0.6 is 11.3 Å². The number of methoxy groups -OCH3 is 1. The lowest BCUT2D eigenvalue weighted by Crippen LogP contribution is -2.35. The zero-order chi connectivity index (χ0) is 24.4. The Morgan fingerprint density at radius 3 is 2.94 bits per heavy atom. The lowest BCUT2D eigenvalue weighted by atomic mass is 9.98. The second-order valence-corrected chi connectivity index (χ2v) is 10.4. The maximum Gasteiger partial charge on any atom is 0.228 e. The lowest BCUT2D eigenvalue weighted by Gasteiger charge is -2.27. The SMILES string of the molecule is COC1=CCCC(C2CC2C(=O)Nc2sc3c(c2C#N)CCN(C(=O)CCc2ccncc2)C3)=C1.[HH]. The number of pyridine rings is 1. The predicted molar refractivity (Wildman–Crippen MR) is 135 cm³/mol. The molecule has 2 atom stereocenters. The van der Waals surface area contributed by atoms with Crippen LogP contribution in [0.3, 0.4) is 0 Å². The summed E-state index contributed by atoms with van der Waals surface area (Å²) in [7, 11) is 1.67. The standard InChI is InChI=1S/C27H28N4O3S.H2/c1-34-19-4-2-3-18(13-19)21-14-22(21)26(33)30-27-23(15-28)20-9-12-31(16-24(20)35-27)25(32)6-5-17-7-10-29-11-8-17;/h4,7-8,10-11,13,21-22H,2-3,5-6,9,12,14,16H2,1H3,(H,30,33);1H. The van der Waals surface area contributed by atoms with E-state index in [9.17, 15) is 14.9 Å². The number of carbonyl (C=O) groups excluding carboxylic acids is 2. The number of ether oxygens (including phenoxy) is 1. The maximum atomic E-state index is 13.0. The first-order valence-electron chi connectivity index (χ1n) is 12.0. The largest absolute Gasteiger partial charge is 0.497 e. The Balaban J connectivity index is 0.00000304. The fourth-order valence-electron chi connectivity index (χ4n) is 5.01. The fourth-order valence-corrected chi connectivity index (χ4v) is 6.23. The fraction of sp³-hybridized carbons (Fsp3) is 0.407. The number of thiophene rings is 1. The number of hydrogen-bond acceptors (Lipinski definition) is 6. The van der Waals surface area contributed by atoms with Crippen LogP contribution in [0.5, 0.6) is 0 Å². The number of anilines is 1. The minimum atomic E-state index is -0.0608. The number of fused-ring (bicyclic) bond motifs is 1.